The van der Waals surface area contributed by atoms with Gasteiger partial charge in [-0.05, 0) is 73.7 Å². The highest BCUT2D eigenvalue weighted by Gasteiger charge is 2.34. The van der Waals surface area contributed by atoms with E-state index in [0.717, 1.165) is 45.9 Å². The van der Waals surface area contributed by atoms with Gasteiger partial charge >= 0.3 is 0 Å². The molecule has 3 heteroatoms. The van der Waals surface area contributed by atoms with Gasteiger partial charge in [0.15, 0.2) is 0 Å². The SMILES string of the molecule is C1=CC(c2nc(-c3ccccc3)cc(-c3cccc(-c4cccnc4)c3)n2)CC(C2=c3ccccc3=C(c3cccc4ccccc34)C3C=CC=CC23)=C1. The summed E-state index contributed by atoms with van der Waals surface area (Å²) < 4.78 is 0. The molecule has 3 aliphatic carbocycles. The van der Waals surface area contributed by atoms with Gasteiger partial charge in [-0.1, -0.05) is 164 Å². The van der Waals surface area contributed by atoms with Gasteiger partial charge in [0.25, 0.3) is 0 Å². The van der Waals surface area contributed by atoms with Crippen LogP contribution in [0.15, 0.2) is 200 Å². The first-order valence-electron chi connectivity index (χ1n) is 18.8. The quantitative estimate of drug-likeness (QED) is 0.174. The summed E-state index contributed by atoms with van der Waals surface area (Å²) in [5.74, 6) is 1.27. The lowest BCUT2D eigenvalue weighted by Crippen LogP contribution is -2.40. The van der Waals surface area contributed by atoms with Crippen LogP contribution in [0.25, 0.3) is 55.6 Å². The molecule has 5 aromatic carbocycles. The van der Waals surface area contributed by atoms with Crippen LogP contribution in [0.4, 0.5) is 0 Å². The third-order valence-corrected chi connectivity index (χ3v) is 11.1. The standard InChI is InChI=1S/C51H37N3/c1-2-15-35(16-3-1)47-32-48(37-19-10-18-36(30-37)40-22-13-29-52-33-40)54-51(53-47)39-21-11-20-38(31-39)49-43-24-6-8-26-45(43)50(46-27-9-7-25-44(46)49)42-28-12-17-34-14-4-5-23-41(34)42/h1-30,32-33,39,43,45H,31H2. The number of allylic oxidation sites excluding steroid dienone is 8. The average Bonchev–Trinajstić information content (AvgIpc) is 3.26. The van der Waals surface area contributed by atoms with Gasteiger partial charge in [0, 0.05) is 46.8 Å². The highest BCUT2D eigenvalue weighted by atomic mass is 14.9. The molecule has 3 nitrogen and oxygen atoms in total. The Labute approximate surface area is 315 Å². The molecule has 10 rings (SSSR count). The maximum atomic E-state index is 5.33. The third kappa shape index (κ3) is 5.75. The number of benzene rings is 5. The normalized spacial score (nSPS) is 18.7. The van der Waals surface area contributed by atoms with E-state index in [2.05, 4.69) is 181 Å². The van der Waals surface area contributed by atoms with Crippen LogP contribution in [0, 0.1) is 11.8 Å². The maximum Gasteiger partial charge on any atom is 0.136 e. The molecule has 3 atom stereocenters. The summed E-state index contributed by atoms with van der Waals surface area (Å²) in [5, 5.41) is 5.20. The molecular weight excluding hydrogens is 655 g/mol. The minimum absolute atomic E-state index is 0.0126. The van der Waals surface area contributed by atoms with Gasteiger partial charge in [0.05, 0.1) is 11.4 Å². The van der Waals surface area contributed by atoms with Crippen molar-refractivity contribution in [3.05, 3.63) is 222 Å². The fourth-order valence-corrected chi connectivity index (χ4v) is 8.63. The van der Waals surface area contributed by atoms with E-state index in [1.165, 1.54) is 43.5 Å². The molecule has 256 valence electrons. The van der Waals surface area contributed by atoms with Crippen molar-refractivity contribution in [2.75, 3.05) is 0 Å². The van der Waals surface area contributed by atoms with Gasteiger partial charge in [-0.2, -0.15) is 0 Å². The molecule has 0 bridgehead atoms. The second-order valence-corrected chi connectivity index (χ2v) is 14.3. The minimum Gasteiger partial charge on any atom is -0.264 e. The Morgan fingerprint density at radius 3 is 2.00 bits per heavy atom. The van der Waals surface area contributed by atoms with Crippen LogP contribution in [0.1, 0.15) is 23.7 Å². The van der Waals surface area contributed by atoms with Crippen LogP contribution in [-0.2, 0) is 0 Å². The molecule has 7 aromatic rings. The minimum atomic E-state index is 0.0126. The van der Waals surface area contributed by atoms with E-state index in [9.17, 15) is 0 Å². The van der Waals surface area contributed by atoms with Crippen LogP contribution < -0.4 is 10.4 Å². The van der Waals surface area contributed by atoms with Crippen LogP contribution >= 0.6 is 0 Å². The molecule has 2 aromatic heterocycles. The van der Waals surface area contributed by atoms with Crippen molar-refractivity contribution >= 4 is 21.9 Å². The summed E-state index contributed by atoms with van der Waals surface area (Å²) in [4.78, 5) is 15.0. The molecule has 0 spiro atoms. The van der Waals surface area contributed by atoms with E-state index in [0.29, 0.717) is 0 Å². The molecular formula is C51H37N3. The van der Waals surface area contributed by atoms with Crippen molar-refractivity contribution in [1.29, 1.82) is 0 Å². The first kappa shape index (κ1) is 32.0. The third-order valence-electron chi connectivity index (χ3n) is 11.1. The molecule has 2 heterocycles. The number of rotatable bonds is 6. The Bertz CT molecular complexity index is 2800. The van der Waals surface area contributed by atoms with E-state index in [1.54, 1.807) is 0 Å². The van der Waals surface area contributed by atoms with Gasteiger partial charge < -0.3 is 0 Å². The van der Waals surface area contributed by atoms with Crippen LogP contribution in [-0.4, -0.2) is 15.0 Å². The molecule has 0 saturated carbocycles. The molecule has 0 radical (unpaired) electrons. The van der Waals surface area contributed by atoms with E-state index in [-0.39, 0.29) is 17.8 Å². The second-order valence-electron chi connectivity index (χ2n) is 14.3. The van der Waals surface area contributed by atoms with Crippen LogP contribution in [0.3, 0.4) is 0 Å². The zero-order valence-corrected chi connectivity index (χ0v) is 29.8. The molecule has 0 fully saturated rings. The number of pyridine rings is 1. The molecule has 0 N–H and O–H groups in total. The smallest absolute Gasteiger partial charge is 0.136 e. The molecule has 54 heavy (non-hydrogen) atoms. The lowest BCUT2D eigenvalue weighted by Gasteiger charge is -2.35. The fourth-order valence-electron chi connectivity index (χ4n) is 8.63. The average molecular weight is 692 g/mol. The van der Waals surface area contributed by atoms with Crippen molar-refractivity contribution in [3.63, 3.8) is 0 Å². The summed E-state index contributed by atoms with van der Waals surface area (Å²) in [5.41, 5.74) is 11.6. The number of hydrogen-bond acceptors (Lipinski definition) is 3. The summed E-state index contributed by atoms with van der Waals surface area (Å²) in [6, 6.07) is 49.8. The number of fused-ring (bicyclic) bond motifs is 3. The van der Waals surface area contributed by atoms with Crippen molar-refractivity contribution in [1.82, 2.24) is 15.0 Å². The Balaban J connectivity index is 1.11. The molecule has 0 amide bonds. The van der Waals surface area contributed by atoms with E-state index >= 15 is 0 Å². The maximum absolute atomic E-state index is 5.33. The topological polar surface area (TPSA) is 38.7 Å². The Morgan fingerprint density at radius 2 is 1.17 bits per heavy atom. The number of nitrogens with zero attached hydrogens (tertiary/aromatic N) is 3. The monoisotopic (exact) mass is 691 g/mol. The number of hydrogen-bond donors (Lipinski definition) is 0. The lowest BCUT2D eigenvalue weighted by atomic mass is 9.68. The summed E-state index contributed by atoms with van der Waals surface area (Å²) in [7, 11) is 0. The van der Waals surface area contributed by atoms with E-state index < -0.39 is 0 Å². The van der Waals surface area contributed by atoms with Crippen molar-refractivity contribution in [3.8, 4) is 33.6 Å². The summed E-state index contributed by atoms with van der Waals surface area (Å²) in [6.45, 7) is 0. The second kappa shape index (κ2) is 13.7. The Morgan fingerprint density at radius 1 is 0.500 bits per heavy atom. The first-order chi connectivity index (χ1) is 26.8. The summed E-state index contributed by atoms with van der Waals surface area (Å²) >= 11 is 0. The fraction of sp³-hybridized carbons (Fsp3) is 0.0784. The van der Waals surface area contributed by atoms with Gasteiger partial charge in [-0.15, -0.1) is 0 Å². The highest BCUT2D eigenvalue weighted by Crippen LogP contribution is 2.44. The van der Waals surface area contributed by atoms with E-state index in [4.69, 9.17) is 9.97 Å². The molecule has 0 aliphatic heterocycles. The van der Waals surface area contributed by atoms with Gasteiger partial charge in [0.2, 0.25) is 0 Å². The van der Waals surface area contributed by atoms with Crippen LogP contribution in [0.5, 0.6) is 0 Å². The molecule has 3 unspecified atom stereocenters. The van der Waals surface area contributed by atoms with Crippen molar-refractivity contribution < 1.29 is 0 Å². The largest absolute Gasteiger partial charge is 0.264 e. The van der Waals surface area contributed by atoms with Gasteiger partial charge in [0.1, 0.15) is 5.82 Å². The predicted octanol–water partition coefficient (Wildman–Crippen LogP) is 10.4. The zero-order valence-electron chi connectivity index (χ0n) is 29.8. The van der Waals surface area contributed by atoms with Crippen LogP contribution in [0.2, 0.25) is 0 Å². The predicted molar refractivity (Wildman–Crippen MR) is 222 cm³/mol. The van der Waals surface area contributed by atoms with Crippen molar-refractivity contribution in [2.45, 2.75) is 12.3 Å². The Kier molecular flexibility index (Phi) is 8.11. The molecule has 0 saturated heterocycles. The van der Waals surface area contributed by atoms with Gasteiger partial charge in [-0.3, -0.25) is 4.98 Å². The van der Waals surface area contributed by atoms with Crippen molar-refractivity contribution in [2.24, 2.45) is 11.8 Å². The molecule has 3 aliphatic rings. The first-order valence-corrected chi connectivity index (χ1v) is 18.8. The summed E-state index contributed by atoms with van der Waals surface area (Å²) in [6.07, 6.45) is 20.6. The lowest BCUT2D eigenvalue weighted by molar-refractivity contribution is 0.671. The highest BCUT2D eigenvalue weighted by molar-refractivity contribution is 5.96. The van der Waals surface area contributed by atoms with Gasteiger partial charge in [-0.25, -0.2) is 9.97 Å². The zero-order chi connectivity index (χ0) is 35.8. The Hall–Kier alpha value is -6.71. The number of aromatic nitrogens is 3. The van der Waals surface area contributed by atoms with E-state index in [1.807, 2.05) is 18.5 Å².